The number of anilines is 1. The van der Waals surface area contributed by atoms with Crippen molar-refractivity contribution < 1.29 is 17.9 Å². The van der Waals surface area contributed by atoms with E-state index in [2.05, 4.69) is 15.3 Å². The van der Waals surface area contributed by atoms with Crippen molar-refractivity contribution in [2.45, 2.75) is 13.0 Å². The van der Waals surface area contributed by atoms with Gasteiger partial charge in [-0.25, -0.2) is 22.8 Å². The summed E-state index contributed by atoms with van der Waals surface area (Å²) in [7, 11) is 0. The second kappa shape index (κ2) is 9.13. The van der Waals surface area contributed by atoms with Crippen LogP contribution < -0.4 is 15.9 Å². The van der Waals surface area contributed by atoms with E-state index in [1.807, 2.05) is 18.2 Å². The Morgan fingerprint density at radius 2 is 1.94 bits per heavy atom. The number of nitrogen functional groups attached to an aromatic ring is 1. The number of imidazole rings is 1. The molecule has 0 spiro atoms. The highest BCUT2D eigenvalue weighted by Crippen LogP contribution is 2.39. The highest BCUT2D eigenvalue weighted by Gasteiger charge is 2.17. The molecule has 2 heterocycles. The summed E-state index contributed by atoms with van der Waals surface area (Å²) in [5.74, 6) is 5.71. The zero-order chi connectivity index (χ0) is 22.8. The summed E-state index contributed by atoms with van der Waals surface area (Å²) in [5.41, 5.74) is 2.02. The number of rotatable bonds is 7. The number of hydrogen-bond donors (Lipinski definition) is 2. The number of halogens is 5. The average molecular weight is 482 g/mol. The molecule has 166 valence electrons. The van der Waals surface area contributed by atoms with Crippen LogP contribution in [0.1, 0.15) is 5.69 Å². The first-order valence-electron chi connectivity index (χ1n) is 9.34. The molecule has 4 aromatic rings. The first-order valence-corrected chi connectivity index (χ1v) is 10.1. The number of nitrogens with two attached hydrogens (primary N) is 1. The molecule has 0 saturated carbocycles. The zero-order valence-electron chi connectivity index (χ0n) is 16.3. The van der Waals surface area contributed by atoms with Gasteiger partial charge in [0, 0.05) is 22.3 Å². The number of nitrogens with one attached hydrogen (secondary N) is 1. The van der Waals surface area contributed by atoms with Crippen LogP contribution in [-0.4, -0.2) is 27.7 Å². The number of hydrogen-bond acceptors (Lipinski definition) is 5. The van der Waals surface area contributed by atoms with E-state index < -0.39 is 18.8 Å². The quantitative estimate of drug-likeness (QED) is 0.340. The topological polar surface area (TPSA) is 78.0 Å². The van der Waals surface area contributed by atoms with E-state index in [0.717, 1.165) is 0 Å². The number of ether oxygens (including phenoxy) is 1. The van der Waals surface area contributed by atoms with Gasteiger partial charge in [-0.15, -0.1) is 0 Å². The Labute approximate surface area is 190 Å². The van der Waals surface area contributed by atoms with Crippen molar-refractivity contribution in [1.82, 2.24) is 14.6 Å². The minimum Gasteiger partial charge on any atom is -0.485 e. The summed E-state index contributed by atoms with van der Waals surface area (Å²) in [4.78, 5) is 8.50. The standard InChI is InChI=1S/C21H16Cl2F3N5O/c22-12-6-13(20(14(23)7-12)32-10-19(25)26)11-5-15(24)17(28-8-11)9-29-21-30-16-3-1-2-4-18(16)31(21)27/h1-8,19H,9-10,27H2,(H,29,30). The van der Waals surface area contributed by atoms with Crippen LogP contribution in [0.5, 0.6) is 5.75 Å². The van der Waals surface area contributed by atoms with E-state index in [4.69, 9.17) is 33.8 Å². The van der Waals surface area contributed by atoms with Crippen molar-refractivity contribution in [3.8, 4) is 16.9 Å². The molecule has 32 heavy (non-hydrogen) atoms. The van der Waals surface area contributed by atoms with Crippen LogP contribution in [0.4, 0.5) is 19.1 Å². The number of fused-ring (bicyclic) bond motifs is 1. The molecule has 0 amide bonds. The van der Waals surface area contributed by atoms with Gasteiger partial charge in [0.05, 0.1) is 28.3 Å². The van der Waals surface area contributed by atoms with E-state index in [-0.39, 0.29) is 39.2 Å². The van der Waals surface area contributed by atoms with Gasteiger partial charge in [-0.1, -0.05) is 35.3 Å². The monoisotopic (exact) mass is 481 g/mol. The third-order valence-electron chi connectivity index (χ3n) is 4.60. The van der Waals surface area contributed by atoms with Crippen molar-refractivity contribution in [2.75, 3.05) is 17.8 Å². The fourth-order valence-electron chi connectivity index (χ4n) is 3.14. The van der Waals surface area contributed by atoms with Gasteiger partial charge < -0.3 is 15.9 Å². The Morgan fingerprint density at radius 3 is 2.66 bits per heavy atom. The van der Waals surface area contributed by atoms with Gasteiger partial charge in [0.25, 0.3) is 6.43 Å². The molecule has 0 atom stereocenters. The van der Waals surface area contributed by atoms with Crippen LogP contribution in [0.15, 0.2) is 48.7 Å². The van der Waals surface area contributed by atoms with E-state index in [1.54, 1.807) is 6.07 Å². The molecule has 0 radical (unpaired) electrons. The molecule has 0 aliphatic heterocycles. The van der Waals surface area contributed by atoms with Crippen LogP contribution in [0.3, 0.4) is 0 Å². The van der Waals surface area contributed by atoms with Gasteiger partial charge in [-0.3, -0.25) is 4.98 Å². The van der Waals surface area contributed by atoms with Gasteiger partial charge >= 0.3 is 0 Å². The van der Waals surface area contributed by atoms with Crippen molar-refractivity contribution in [3.63, 3.8) is 0 Å². The molecule has 0 aliphatic carbocycles. The Balaban J connectivity index is 1.59. The lowest BCUT2D eigenvalue weighted by Gasteiger charge is -2.14. The normalized spacial score (nSPS) is 11.3. The molecule has 6 nitrogen and oxygen atoms in total. The molecule has 0 bridgehead atoms. The van der Waals surface area contributed by atoms with Gasteiger partial charge in [0.15, 0.2) is 0 Å². The molecule has 4 rings (SSSR count). The summed E-state index contributed by atoms with van der Waals surface area (Å²) in [5, 5.41) is 3.22. The van der Waals surface area contributed by atoms with Gasteiger partial charge in [0.1, 0.15) is 18.2 Å². The Morgan fingerprint density at radius 1 is 1.16 bits per heavy atom. The van der Waals surface area contributed by atoms with Crippen molar-refractivity contribution in [1.29, 1.82) is 0 Å². The number of pyridine rings is 1. The minimum absolute atomic E-state index is 0.0116. The SMILES string of the molecule is Nn1c(NCc2ncc(-c3cc(Cl)cc(Cl)c3OCC(F)F)cc2F)nc2ccccc21. The predicted octanol–water partition coefficient (Wildman–Crippen LogP) is 5.51. The van der Waals surface area contributed by atoms with Crippen LogP contribution >= 0.6 is 23.2 Å². The molecule has 0 aliphatic rings. The molecule has 3 N–H and O–H groups in total. The van der Waals surface area contributed by atoms with Crippen molar-refractivity contribution >= 4 is 40.2 Å². The molecule has 0 unspecified atom stereocenters. The molecule has 11 heteroatoms. The first kappa shape index (κ1) is 22.0. The zero-order valence-corrected chi connectivity index (χ0v) is 17.8. The minimum atomic E-state index is -2.70. The second-order valence-electron chi connectivity index (χ2n) is 6.77. The summed E-state index contributed by atoms with van der Waals surface area (Å²) >= 11 is 12.1. The van der Waals surface area contributed by atoms with Crippen LogP contribution in [0.2, 0.25) is 10.0 Å². The molecule has 0 fully saturated rings. The first-order chi connectivity index (χ1) is 15.3. The number of alkyl halides is 2. The van der Waals surface area contributed by atoms with Gasteiger partial charge in [-0.2, -0.15) is 0 Å². The van der Waals surface area contributed by atoms with Crippen LogP contribution in [0.25, 0.3) is 22.2 Å². The van der Waals surface area contributed by atoms with Gasteiger partial charge in [-0.05, 0) is 30.3 Å². The number of aromatic nitrogens is 3. The maximum Gasteiger partial charge on any atom is 0.272 e. The fraction of sp³-hybridized carbons (Fsp3) is 0.143. The smallest absolute Gasteiger partial charge is 0.272 e. The van der Waals surface area contributed by atoms with Crippen LogP contribution in [-0.2, 0) is 6.54 Å². The summed E-state index contributed by atoms with van der Waals surface area (Å²) in [6.07, 6.45) is -1.33. The van der Waals surface area contributed by atoms with E-state index in [1.165, 1.54) is 29.1 Å². The Hall–Kier alpha value is -3.17. The Bertz CT molecular complexity index is 1280. The van der Waals surface area contributed by atoms with E-state index in [9.17, 15) is 13.2 Å². The van der Waals surface area contributed by atoms with E-state index >= 15 is 0 Å². The second-order valence-corrected chi connectivity index (χ2v) is 7.61. The highest BCUT2D eigenvalue weighted by atomic mass is 35.5. The summed E-state index contributed by atoms with van der Waals surface area (Å²) in [6.45, 7) is -0.857. The molecule has 2 aromatic heterocycles. The third-order valence-corrected chi connectivity index (χ3v) is 5.10. The predicted molar refractivity (Wildman–Crippen MR) is 118 cm³/mol. The molecule has 0 saturated heterocycles. The third kappa shape index (κ3) is 4.53. The van der Waals surface area contributed by atoms with Crippen molar-refractivity contribution in [2.24, 2.45) is 0 Å². The fourth-order valence-corrected chi connectivity index (χ4v) is 3.69. The lowest BCUT2D eigenvalue weighted by molar-refractivity contribution is 0.0822. The largest absolute Gasteiger partial charge is 0.485 e. The average Bonchev–Trinajstić information content (AvgIpc) is 3.07. The van der Waals surface area contributed by atoms with Crippen molar-refractivity contribution in [3.05, 3.63) is 70.2 Å². The maximum absolute atomic E-state index is 14.8. The molecular formula is C21H16Cl2F3N5O. The lowest BCUT2D eigenvalue weighted by Crippen LogP contribution is -2.15. The maximum atomic E-state index is 14.8. The van der Waals surface area contributed by atoms with Gasteiger partial charge in [0.2, 0.25) is 5.95 Å². The lowest BCUT2D eigenvalue weighted by atomic mass is 10.1. The van der Waals surface area contributed by atoms with E-state index in [0.29, 0.717) is 17.0 Å². The molecular weight excluding hydrogens is 466 g/mol. The number of benzene rings is 2. The molecule has 2 aromatic carbocycles. The number of para-hydroxylation sites is 2. The van der Waals surface area contributed by atoms with Crippen LogP contribution in [0, 0.1) is 5.82 Å². The summed E-state index contributed by atoms with van der Waals surface area (Å²) < 4.78 is 46.5. The number of nitrogens with zero attached hydrogens (tertiary/aromatic N) is 3. The Kier molecular flexibility index (Phi) is 6.29. The highest BCUT2D eigenvalue weighted by molar-refractivity contribution is 6.36. The summed E-state index contributed by atoms with van der Waals surface area (Å²) in [6, 6.07) is 11.3.